The molecule has 0 radical (unpaired) electrons. The third-order valence-electron chi connectivity index (χ3n) is 4.77. The second-order valence-corrected chi connectivity index (χ2v) is 8.50. The van der Waals surface area contributed by atoms with Gasteiger partial charge >= 0.3 is 5.97 Å². The molecule has 0 aliphatic heterocycles. The average molecular weight is 414 g/mol. The fourth-order valence-electron chi connectivity index (χ4n) is 3.41. The van der Waals surface area contributed by atoms with Crippen LogP contribution in [-0.4, -0.2) is 44.8 Å². The molecule has 3 rings (SSSR count). The topological polar surface area (TPSA) is 90.6 Å². The monoisotopic (exact) mass is 413 g/mol. The lowest BCUT2D eigenvalue weighted by atomic mass is 10.1. The Kier molecular flexibility index (Phi) is 6.43. The van der Waals surface area contributed by atoms with Gasteiger partial charge in [-0.1, -0.05) is 6.42 Å². The molecule has 8 heteroatoms. The molecule has 0 aliphatic rings. The number of ether oxygens (including phenoxy) is 2. The molecular formula is C22H31N5O3. The minimum absolute atomic E-state index is 0.142. The summed E-state index contributed by atoms with van der Waals surface area (Å²) in [4.78, 5) is 16.6. The van der Waals surface area contributed by atoms with Crippen molar-refractivity contribution in [1.29, 1.82) is 0 Å². The highest BCUT2D eigenvalue weighted by atomic mass is 16.6. The maximum absolute atomic E-state index is 11.8. The minimum atomic E-state index is -0.427. The van der Waals surface area contributed by atoms with Gasteiger partial charge < -0.3 is 14.8 Å². The molecule has 0 aliphatic carbocycles. The molecule has 0 saturated carbocycles. The van der Waals surface area contributed by atoms with Gasteiger partial charge in [0.1, 0.15) is 17.2 Å². The molecule has 1 N–H and O–H groups in total. The summed E-state index contributed by atoms with van der Waals surface area (Å²) in [7, 11) is 1.66. The van der Waals surface area contributed by atoms with Crippen molar-refractivity contribution < 1.29 is 14.3 Å². The van der Waals surface area contributed by atoms with Crippen LogP contribution in [0.2, 0.25) is 0 Å². The molecular weight excluding hydrogens is 382 g/mol. The zero-order chi connectivity index (χ0) is 21.9. The Morgan fingerprint density at radius 3 is 2.60 bits per heavy atom. The van der Waals surface area contributed by atoms with Crippen LogP contribution in [0.3, 0.4) is 0 Å². The summed E-state index contributed by atoms with van der Waals surface area (Å²) in [5.74, 6) is 2.16. The maximum atomic E-state index is 11.8. The van der Waals surface area contributed by atoms with Gasteiger partial charge in [-0.3, -0.25) is 9.20 Å². The highest BCUT2D eigenvalue weighted by Gasteiger charge is 2.16. The summed E-state index contributed by atoms with van der Waals surface area (Å²) >= 11 is 0. The molecule has 0 fully saturated rings. The van der Waals surface area contributed by atoms with Crippen molar-refractivity contribution in [2.75, 3.05) is 19.0 Å². The standard InChI is InChI=1S/C22H31N5O3/c1-14-12-17-16(13-18(14)29-6)24-20(21-26-25-15(2)27(17)21)23-11-9-7-8-10-19(28)30-22(3,4)5/h12-13H,7-11H2,1-6H3,(H,23,24). The number of methoxy groups -OCH3 is 1. The summed E-state index contributed by atoms with van der Waals surface area (Å²) in [5.41, 5.74) is 3.09. The Hall–Kier alpha value is -2.90. The Morgan fingerprint density at radius 1 is 1.13 bits per heavy atom. The average Bonchev–Trinajstić information content (AvgIpc) is 3.05. The van der Waals surface area contributed by atoms with Crippen molar-refractivity contribution in [3.63, 3.8) is 0 Å². The van der Waals surface area contributed by atoms with Crippen molar-refractivity contribution in [3.05, 3.63) is 23.5 Å². The van der Waals surface area contributed by atoms with Crippen LogP contribution >= 0.6 is 0 Å². The quantitative estimate of drug-likeness (QED) is 0.437. The van der Waals surface area contributed by atoms with Crippen molar-refractivity contribution in [2.24, 2.45) is 0 Å². The fourth-order valence-corrected chi connectivity index (χ4v) is 3.41. The molecule has 0 saturated heterocycles. The summed E-state index contributed by atoms with van der Waals surface area (Å²) in [5, 5.41) is 11.9. The smallest absolute Gasteiger partial charge is 0.306 e. The SMILES string of the molecule is COc1cc2nc(NCCCCCC(=O)OC(C)(C)C)c3nnc(C)n3c2cc1C. The van der Waals surface area contributed by atoms with E-state index in [1.807, 2.05) is 51.2 Å². The van der Waals surface area contributed by atoms with E-state index in [1.165, 1.54) is 0 Å². The molecule has 2 aromatic heterocycles. The number of benzene rings is 1. The van der Waals surface area contributed by atoms with E-state index in [9.17, 15) is 4.79 Å². The van der Waals surface area contributed by atoms with Crippen LogP contribution in [0.15, 0.2) is 12.1 Å². The van der Waals surface area contributed by atoms with Crippen molar-refractivity contribution in [1.82, 2.24) is 19.6 Å². The first kappa shape index (κ1) is 21.8. The van der Waals surface area contributed by atoms with E-state index in [0.717, 1.165) is 54.0 Å². The third kappa shape index (κ3) is 4.98. The predicted octanol–water partition coefficient (Wildman–Crippen LogP) is 4.22. The number of anilines is 1. The molecule has 0 spiro atoms. The van der Waals surface area contributed by atoms with Gasteiger partial charge in [0.15, 0.2) is 5.82 Å². The van der Waals surface area contributed by atoms with Crippen LogP contribution in [0.5, 0.6) is 5.75 Å². The highest BCUT2D eigenvalue weighted by Crippen LogP contribution is 2.28. The Morgan fingerprint density at radius 2 is 1.90 bits per heavy atom. The highest BCUT2D eigenvalue weighted by molar-refractivity contribution is 5.85. The zero-order valence-electron chi connectivity index (χ0n) is 18.7. The van der Waals surface area contributed by atoms with Crippen molar-refractivity contribution in [3.8, 4) is 5.75 Å². The van der Waals surface area contributed by atoms with Crippen LogP contribution in [0.1, 0.15) is 57.8 Å². The number of carbonyl (C=O) groups excluding carboxylic acids is 1. The number of nitrogens with zero attached hydrogens (tertiary/aromatic N) is 4. The van der Waals surface area contributed by atoms with Crippen molar-refractivity contribution >= 4 is 28.5 Å². The molecule has 8 nitrogen and oxygen atoms in total. The normalized spacial score (nSPS) is 11.8. The number of nitrogens with one attached hydrogen (secondary N) is 1. The second kappa shape index (κ2) is 8.85. The van der Waals surface area contributed by atoms with E-state index in [1.54, 1.807) is 7.11 Å². The molecule has 2 heterocycles. The summed E-state index contributed by atoms with van der Waals surface area (Å²) in [6.07, 6.45) is 3.09. The number of hydrogen-bond donors (Lipinski definition) is 1. The number of aryl methyl sites for hydroxylation is 2. The lowest BCUT2D eigenvalue weighted by molar-refractivity contribution is -0.154. The summed E-state index contributed by atoms with van der Waals surface area (Å²) < 4.78 is 12.8. The Labute approximate surface area is 177 Å². The Bertz CT molecular complexity index is 1050. The number of fused-ring (bicyclic) bond motifs is 3. The van der Waals surface area contributed by atoms with Gasteiger partial charge in [-0.05, 0) is 59.1 Å². The molecule has 1 aromatic carbocycles. The van der Waals surface area contributed by atoms with E-state index in [-0.39, 0.29) is 5.97 Å². The zero-order valence-corrected chi connectivity index (χ0v) is 18.7. The lowest BCUT2D eigenvalue weighted by Crippen LogP contribution is -2.23. The van der Waals surface area contributed by atoms with Gasteiger partial charge in [0.05, 0.1) is 18.1 Å². The molecule has 0 amide bonds. The van der Waals surface area contributed by atoms with Crippen LogP contribution in [-0.2, 0) is 9.53 Å². The van der Waals surface area contributed by atoms with E-state index in [2.05, 4.69) is 15.5 Å². The molecule has 0 bridgehead atoms. The lowest BCUT2D eigenvalue weighted by Gasteiger charge is -2.19. The molecule has 0 atom stereocenters. The van der Waals surface area contributed by atoms with E-state index >= 15 is 0 Å². The van der Waals surface area contributed by atoms with Gasteiger partial charge in [-0.2, -0.15) is 0 Å². The minimum Gasteiger partial charge on any atom is -0.496 e. The van der Waals surface area contributed by atoms with E-state index in [0.29, 0.717) is 17.9 Å². The van der Waals surface area contributed by atoms with Gasteiger partial charge in [0, 0.05) is 19.0 Å². The second-order valence-electron chi connectivity index (χ2n) is 8.50. The van der Waals surface area contributed by atoms with E-state index < -0.39 is 5.60 Å². The van der Waals surface area contributed by atoms with Crippen LogP contribution in [0.25, 0.3) is 16.7 Å². The summed E-state index contributed by atoms with van der Waals surface area (Å²) in [6.45, 7) is 10.3. The molecule has 0 unspecified atom stereocenters. The maximum Gasteiger partial charge on any atom is 0.306 e. The fraction of sp³-hybridized carbons (Fsp3) is 0.545. The number of esters is 1. The number of rotatable bonds is 8. The number of unbranched alkanes of at least 4 members (excludes halogenated alkanes) is 2. The Balaban J connectivity index is 1.66. The largest absolute Gasteiger partial charge is 0.496 e. The predicted molar refractivity (Wildman–Crippen MR) is 117 cm³/mol. The number of aromatic nitrogens is 4. The first-order chi connectivity index (χ1) is 14.2. The first-order valence-corrected chi connectivity index (χ1v) is 10.4. The third-order valence-corrected chi connectivity index (χ3v) is 4.77. The van der Waals surface area contributed by atoms with Crippen molar-refractivity contribution in [2.45, 2.75) is 65.9 Å². The molecule has 162 valence electrons. The summed E-state index contributed by atoms with van der Waals surface area (Å²) in [6, 6.07) is 3.99. The van der Waals surface area contributed by atoms with Gasteiger partial charge in [0.2, 0.25) is 5.65 Å². The van der Waals surface area contributed by atoms with Crippen LogP contribution in [0, 0.1) is 13.8 Å². The van der Waals surface area contributed by atoms with Gasteiger partial charge in [-0.15, -0.1) is 10.2 Å². The van der Waals surface area contributed by atoms with E-state index in [4.69, 9.17) is 14.5 Å². The van der Waals surface area contributed by atoms with Crippen LogP contribution in [0.4, 0.5) is 5.82 Å². The first-order valence-electron chi connectivity index (χ1n) is 10.4. The molecule has 3 aromatic rings. The van der Waals surface area contributed by atoms with Crippen LogP contribution < -0.4 is 10.1 Å². The molecule has 30 heavy (non-hydrogen) atoms. The number of carbonyl (C=O) groups is 1. The van der Waals surface area contributed by atoms with Gasteiger partial charge in [-0.25, -0.2) is 4.98 Å². The number of hydrogen-bond acceptors (Lipinski definition) is 7. The van der Waals surface area contributed by atoms with Gasteiger partial charge in [0.25, 0.3) is 0 Å².